The summed E-state index contributed by atoms with van der Waals surface area (Å²) in [5, 5.41) is 0.553. The van der Waals surface area contributed by atoms with Crippen LogP contribution in [0, 0.1) is 5.41 Å². The summed E-state index contributed by atoms with van der Waals surface area (Å²) in [6.07, 6.45) is 0.899. The molecule has 1 aromatic heterocycles. The second-order valence-corrected chi connectivity index (χ2v) is 7.16. The number of ether oxygens (including phenoxy) is 1. The number of anilines is 1. The van der Waals surface area contributed by atoms with Crippen molar-refractivity contribution in [1.29, 1.82) is 0 Å². The maximum absolute atomic E-state index is 12.2. The zero-order chi connectivity index (χ0) is 14.5. The zero-order valence-electron chi connectivity index (χ0n) is 11.8. The third-order valence-electron chi connectivity index (χ3n) is 3.47. The molecular formula is C13H17N3O3S. The van der Waals surface area contributed by atoms with Gasteiger partial charge in [0.05, 0.1) is 17.2 Å². The lowest BCUT2D eigenvalue weighted by Crippen LogP contribution is -2.47. The predicted octanol–water partition coefficient (Wildman–Crippen LogP) is 2.10. The van der Waals surface area contributed by atoms with Crippen molar-refractivity contribution >= 4 is 28.3 Å². The van der Waals surface area contributed by atoms with Crippen molar-refractivity contribution in [2.75, 3.05) is 25.3 Å². The van der Waals surface area contributed by atoms with Gasteiger partial charge in [-0.25, -0.2) is 14.7 Å². The van der Waals surface area contributed by atoms with Gasteiger partial charge in [-0.2, -0.15) is 0 Å². The van der Waals surface area contributed by atoms with Crippen molar-refractivity contribution in [3.63, 3.8) is 0 Å². The molecule has 20 heavy (non-hydrogen) atoms. The molecule has 1 aliphatic carbocycles. The van der Waals surface area contributed by atoms with Crippen molar-refractivity contribution in [2.45, 2.75) is 26.7 Å². The number of amides is 1. The Labute approximate surface area is 121 Å². The van der Waals surface area contributed by atoms with Gasteiger partial charge in [0.15, 0.2) is 10.9 Å². The summed E-state index contributed by atoms with van der Waals surface area (Å²) in [5.74, 6) is 0.124. The number of nitrogens with zero attached hydrogens (tertiary/aromatic N) is 3. The molecule has 1 amide bonds. The van der Waals surface area contributed by atoms with Crippen LogP contribution in [0.2, 0.25) is 0 Å². The molecule has 2 aliphatic rings. The summed E-state index contributed by atoms with van der Waals surface area (Å²) in [4.78, 5) is 32.5. The minimum atomic E-state index is -0.402. The number of rotatable bonds is 1. The Kier molecular flexibility index (Phi) is 3.06. The number of hydrogen-bond acceptors (Lipinski definition) is 6. The van der Waals surface area contributed by atoms with E-state index < -0.39 is 6.09 Å². The highest BCUT2D eigenvalue weighted by Gasteiger charge is 2.36. The third-order valence-corrected chi connectivity index (χ3v) is 4.63. The van der Waals surface area contributed by atoms with E-state index in [4.69, 9.17) is 4.74 Å². The molecule has 1 fully saturated rings. The van der Waals surface area contributed by atoms with E-state index in [2.05, 4.69) is 18.8 Å². The van der Waals surface area contributed by atoms with Crippen LogP contribution in [0.1, 0.15) is 35.6 Å². The molecule has 0 radical (unpaired) electrons. The fraction of sp³-hybridized carbons (Fsp3) is 0.615. The number of aromatic nitrogens is 1. The van der Waals surface area contributed by atoms with Gasteiger partial charge in [0.1, 0.15) is 6.73 Å². The van der Waals surface area contributed by atoms with Gasteiger partial charge >= 0.3 is 6.09 Å². The summed E-state index contributed by atoms with van der Waals surface area (Å²) < 4.78 is 5.05. The van der Waals surface area contributed by atoms with E-state index in [9.17, 15) is 9.59 Å². The quantitative estimate of drug-likeness (QED) is 0.794. The standard InChI is InChI=1S/C13H17N3O3S/c1-13(2)4-8-10(9(17)5-13)20-11(14-8)16-6-15(3)7-19-12(16)18/h4-7H2,1-3H3. The molecule has 0 aromatic carbocycles. The van der Waals surface area contributed by atoms with E-state index in [0.717, 1.165) is 12.1 Å². The summed E-state index contributed by atoms with van der Waals surface area (Å²) in [6, 6.07) is 0. The third kappa shape index (κ3) is 2.31. The minimum Gasteiger partial charge on any atom is -0.433 e. The second kappa shape index (κ2) is 4.53. The topological polar surface area (TPSA) is 62.7 Å². The molecule has 0 N–H and O–H groups in total. The zero-order valence-corrected chi connectivity index (χ0v) is 12.6. The van der Waals surface area contributed by atoms with Crippen LogP contribution >= 0.6 is 11.3 Å². The van der Waals surface area contributed by atoms with Crippen LogP contribution in [0.5, 0.6) is 0 Å². The average Bonchev–Trinajstić information content (AvgIpc) is 2.74. The van der Waals surface area contributed by atoms with Gasteiger partial charge < -0.3 is 4.74 Å². The first kappa shape index (κ1) is 13.5. The van der Waals surface area contributed by atoms with Crippen molar-refractivity contribution < 1.29 is 14.3 Å². The molecule has 2 heterocycles. The van der Waals surface area contributed by atoms with E-state index in [1.807, 2.05) is 11.9 Å². The number of ketones is 1. The van der Waals surface area contributed by atoms with Gasteiger partial charge in [-0.3, -0.25) is 9.69 Å². The van der Waals surface area contributed by atoms with Gasteiger partial charge in [-0.15, -0.1) is 0 Å². The molecule has 1 aliphatic heterocycles. The molecule has 3 rings (SSSR count). The highest BCUT2D eigenvalue weighted by molar-refractivity contribution is 7.17. The van der Waals surface area contributed by atoms with Crippen LogP contribution in [-0.4, -0.2) is 42.2 Å². The molecule has 0 atom stereocenters. The number of fused-ring (bicyclic) bond motifs is 1. The van der Waals surface area contributed by atoms with Crippen LogP contribution in [-0.2, 0) is 11.2 Å². The number of thiazole rings is 1. The van der Waals surface area contributed by atoms with E-state index in [1.54, 1.807) is 0 Å². The SMILES string of the molecule is CN1COC(=O)N(c2nc3c(s2)C(=O)CC(C)(C)C3)C1. The van der Waals surface area contributed by atoms with Crippen LogP contribution in [0.3, 0.4) is 0 Å². The lowest BCUT2D eigenvalue weighted by atomic mass is 9.78. The number of Topliss-reactive ketones (excluding diaryl/α,β-unsaturated/α-hetero) is 1. The van der Waals surface area contributed by atoms with Crippen LogP contribution < -0.4 is 4.90 Å². The largest absolute Gasteiger partial charge is 0.433 e. The molecule has 7 heteroatoms. The first-order valence-electron chi connectivity index (χ1n) is 6.51. The van der Waals surface area contributed by atoms with Crippen molar-refractivity contribution in [2.24, 2.45) is 5.41 Å². The molecule has 1 aromatic rings. The van der Waals surface area contributed by atoms with Gasteiger partial charge in [-0.05, 0) is 18.9 Å². The van der Waals surface area contributed by atoms with Gasteiger partial charge in [0, 0.05) is 6.42 Å². The monoisotopic (exact) mass is 295 g/mol. The first-order chi connectivity index (χ1) is 9.35. The Morgan fingerprint density at radius 3 is 2.80 bits per heavy atom. The Morgan fingerprint density at radius 2 is 2.05 bits per heavy atom. The molecule has 0 spiro atoms. The maximum atomic E-state index is 12.2. The lowest BCUT2D eigenvalue weighted by Gasteiger charge is -2.30. The highest BCUT2D eigenvalue weighted by atomic mass is 32.1. The minimum absolute atomic E-state index is 0.0609. The highest BCUT2D eigenvalue weighted by Crippen LogP contribution is 2.39. The predicted molar refractivity (Wildman–Crippen MR) is 75.0 cm³/mol. The van der Waals surface area contributed by atoms with Crippen LogP contribution in [0.4, 0.5) is 9.93 Å². The van der Waals surface area contributed by atoms with E-state index in [1.165, 1.54) is 16.2 Å². The van der Waals surface area contributed by atoms with Gasteiger partial charge in [0.25, 0.3) is 0 Å². The second-order valence-electron chi connectivity index (χ2n) is 6.18. The normalized spacial score (nSPS) is 22.6. The van der Waals surface area contributed by atoms with Crippen LogP contribution in [0.15, 0.2) is 0 Å². The number of hydrogen-bond donors (Lipinski definition) is 0. The number of carbonyl (C=O) groups is 2. The van der Waals surface area contributed by atoms with Crippen molar-refractivity contribution in [3.05, 3.63) is 10.6 Å². The fourth-order valence-electron chi connectivity index (χ4n) is 2.54. The Balaban J connectivity index is 1.93. The van der Waals surface area contributed by atoms with E-state index in [0.29, 0.717) is 23.1 Å². The van der Waals surface area contributed by atoms with Crippen molar-refractivity contribution in [3.8, 4) is 0 Å². The molecular weight excluding hydrogens is 278 g/mol. The molecule has 0 bridgehead atoms. The molecule has 108 valence electrons. The molecule has 1 saturated heterocycles. The Morgan fingerprint density at radius 1 is 1.30 bits per heavy atom. The summed E-state index contributed by atoms with van der Waals surface area (Å²) in [5.41, 5.74) is 0.751. The fourth-order valence-corrected chi connectivity index (χ4v) is 3.55. The number of cyclic esters (lactones) is 1. The maximum Gasteiger partial charge on any atom is 0.418 e. The smallest absolute Gasteiger partial charge is 0.418 e. The Bertz CT molecular complexity index is 581. The first-order valence-corrected chi connectivity index (χ1v) is 7.33. The molecule has 0 unspecified atom stereocenters. The molecule has 6 nitrogen and oxygen atoms in total. The lowest BCUT2D eigenvalue weighted by molar-refractivity contribution is 0.0609. The molecule has 0 saturated carbocycles. The van der Waals surface area contributed by atoms with Gasteiger partial charge in [-0.1, -0.05) is 25.2 Å². The number of carbonyl (C=O) groups excluding carboxylic acids is 2. The van der Waals surface area contributed by atoms with E-state index in [-0.39, 0.29) is 17.9 Å². The summed E-state index contributed by atoms with van der Waals surface area (Å²) in [6.45, 7) is 4.85. The summed E-state index contributed by atoms with van der Waals surface area (Å²) >= 11 is 1.29. The summed E-state index contributed by atoms with van der Waals surface area (Å²) in [7, 11) is 1.86. The van der Waals surface area contributed by atoms with Crippen LogP contribution in [0.25, 0.3) is 0 Å². The Hall–Kier alpha value is -1.47. The van der Waals surface area contributed by atoms with Crippen molar-refractivity contribution in [1.82, 2.24) is 9.88 Å². The average molecular weight is 295 g/mol. The van der Waals surface area contributed by atoms with Gasteiger partial charge in [0.2, 0.25) is 0 Å². The van der Waals surface area contributed by atoms with E-state index >= 15 is 0 Å².